The second-order valence-electron chi connectivity index (χ2n) is 6.03. The summed E-state index contributed by atoms with van der Waals surface area (Å²) in [5.74, 6) is -0.0978. The summed E-state index contributed by atoms with van der Waals surface area (Å²) in [7, 11) is 1.54. The molecule has 0 fully saturated rings. The Morgan fingerprint density at radius 2 is 1.65 bits per heavy atom. The lowest BCUT2D eigenvalue weighted by Gasteiger charge is -2.36. The molecule has 120 valence electrons. The summed E-state index contributed by atoms with van der Waals surface area (Å²) in [5, 5.41) is 12.0. The maximum absolute atomic E-state index is 11.9. The second kappa shape index (κ2) is 6.05. The monoisotopic (exact) mass is 311 g/mol. The van der Waals surface area contributed by atoms with Crippen molar-refractivity contribution in [3.63, 3.8) is 0 Å². The van der Waals surface area contributed by atoms with Crippen LogP contribution in [0.1, 0.15) is 30.4 Å². The average molecular weight is 311 g/mol. The molecule has 0 radical (unpaired) electrons. The first-order valence-electron chi connectivity index (χ1n) is 7.80. The van der Waals surface area contributed by atoms with E-state index in [1.165, 1.54) is 7.05 Å². The number of aliphatic hydroxyl groups is 1. The molecule has 0 aliphatic heterocycles. The van der Waals surface area contributed by atoms with E-state index in [1.54, 1.807) is 0 Å². The predicted molar refractivity (Wildman–Crippen MR) is 89.4 cm³/mol. The van der Waals surface area contributed by atoms with Gasteiger partial charge >= 0.3 is 6.09 Å². The van der Waals surface area contributed by atoms with Crippen LogP contribution in [0.15, 0.2) is 48.5 Å². The number of nitrogens with one attached hydrogen (secondary N) is 1. The molecule has 3 rings (SSSR count). The molecule has 1 unspecified atom stereocenters. The third kappa shape index (κ3) is 2.59. The summed E-state index contributed by atoms with van der Waals surface area (Å²) in [6.07, 6.45) is -0.115. The van der Waals surface area contributed by atoms with Crippen LogP contribution in [0, 0.1) is 0 Å². The third-order valence-corrected chi connectivity index (χ3v) is 4.58. The van der Waals surface area contributed by atoms with E-state index in [2.05, 4.69) is 29.6 Å². The fourth-order valence-electron chi connectivity index (χ4n) is 3.55. The van der Waals surface area contributed by atoms with Crippen LogP contribution >= 0.6 is 0 Å². The van der Waals surface area contributed by atoms with Crippen LogP contribution in [-0.2, 0) is 4.74 Å². The number of fused-ring (bicyclic) bond motifs is 3. The molecule has 2 aromatic rings. The van der Waals surface area contributed by atoms with E-state index < -0.39 is 11.7 Å². The quantitative estimate of drug-likeness (QED) is 0.911. The van der Waals surface area contributed by atoms with Crippen LogP contribution in [0.5, 0.6) is 0 Å². The first-order chi connectivity index (χ1) is 11.1. The van der Waals surface area contributed by atoms with E-state index in [0.717, 1.165) is 22.3 Å². The lowest BCUT2D eigenvalue weighted by Crippen LogP contribution is -2.41. The normalized spacial score (nSPS) is 15.4. The Morgan fingerprint density at radius 1 is 1.13 bits per heavy atom. The highest BCUT2D eigenvalue weighted by Gasteiger charge is 2.44. The SMILES string of the molecule is CNC(=O)OC(C)(CCO)C1c2ccccc2-c2ccccc21. The number of benzene rings is 2. The van der Waals surface area contributed by atoms with E-state index in [1.807, 2.05) is 31.2 Å². The number of rotatable bonds is 4. The molecule has 23 heavy (non-hydrogen) atoms. The molecule has 1 amide bonds. The Labute approximate surface area is 136 Å². The summed E-state index contributed by atoms with van der Waals surface area (Å²) >= 11 is 0. The molecule has 1 aliphatic rings. The molecule has 0 aromatic heterocycles. The van der Waals surface area contributed by atoms with Crippen LogP contribution in [0.2, 0.25) is 0 Å². The number of aliphatic hydroxyl groups excluding tert-OH is 1. The van der Waals surface area contributed by atoms with Gasteiger partial charge in [-0.1, -0.05) is 48.5 Å². The zero-order chi connectivity index (χ0) is 16.4. The highest BCUT2D eigenvalue weighted by Crippen LogP contribution is 2.51. The Bertz CT molecular complexity index is 683. The van der Waals surface area contributed by atoms with Crippen LogP contribution < -0.4 is 5.32 Å². The number of carbonyl (C=O) groups is 1. The van der Waals surface area contributed by atoms with Gasteiger partial charge in [0.05, 0.1) is 5.92 Å². The number of ether oxygens (including phenoxy) is 1. The number of hydrogen-bond acceptors (Lipinski definition) is 3. The minimum Gasteiger partial charge on any atom is -0.442 e. The molecule has 0 spiro atoms. The van der Waals surface area contributed by atoms with E-state index >= 15 is 0 Å². The maximum atomic E-state index is 11.9. The first-order valence-corrected chi connectivity index (χ1v) is 7.80. The highest BCUT2D eigenvalue weighted by molar-refractivity contribution is 5.80. The molecular formula is C19H21NO3. The van der Waals surface area contributed by atoms with Gasteiger partial charge in [0.15, 0.2) is 0 Å². The van der Waals surface area contributed by atoms with Crippen molar-refractivity contribution in [2.45, 2.75) is 24.9 Å². The Balaban J connectivity index is 2.14. The molecule has 1 atom stereocenters. The lowest BCUT2D eigenvalue weighted by atomic mass is 9.79. The molecule has 0 heterocycles. The molecule has 1 aliphatic carbocycles. The average Bonchev–Trinajstić information content (AvgIpc) is 2.90. The smallest absolute Gasteiger partial charge is 0.407 e. The molecule has 4 heteroatoms. The summed E-state index contributed by atoms with van der Waals surface area (Å²) in [6, 6.07) is 16.3. The number of amides is 1. The van der Waals surface area contributed by atoms with Gasteiger partial charge in [0.2, 0.25) is 0 Å². The zero-order valence-electron chi connectivity index (χ0n) is 13.4. The Hall–Kier alpha value is -2.33. The van der Waals surface area contributed by atoms with Gasteiger partial charge in [0, 0.05) is 20.1 Å². The summed E-state index contributed by atoms with van der Waals surface area (Å²) in [6.45, 7) is 1.84. The lowest BCUT2D eigenvalue weighted by molar-refractivity contribution is -0.00288. The highest BCUT2D eigenvalue weighted by atomic mass is 16.6. The zero-order valence-corrected chi connectivity index (χ0v) is 13.4. The van der Waals surface area contributed by atoms with Crippen LogP contribution in [0.4, 0.5) is 4.79 Å². The number of alkyl carbamates (subject to hydrolysis) is 1. The van der Waals surface area contributed by atoms with E-state index in [-0.39, 0.29) is 12.5 Å². The Kier molecular flexibility index (Phi) is 4.09. The van der Waals surface area contributed by atoms with Gasteiger partial charge in [-0.25, -0.2) is 4.79 Å². The molecule has 2 aromatic carbocycles. The van der Waals surface area contributed by atoms with E-state index in [4.69, 9.17) is 4.74 Å². The molecule has 0 saturated carbocycles. The van der Waals surface area contributed by atoms with Gasteiger partial charge in [-0.3, -0.25) is 0 Å². The van der Waals surface area contributed by atoms with Gasteiger partial charge < -0.3 is 15.2 Å². The van der Waals surface area contributed by atoms with Gasteiger partial charge in [0.1, 0.15) is 5.60 Å². The second-order valence-corrected chi connectivity index (χ2v) is 6.03. The van der Waals surface area contributed by atoms with Crippen molar-refractivity contribution < 1.29 is 14.6 Å². The van der Waals surface area contributed by atoms with Crippen LogP contribution in [0.25, 0.3) is 11.1 Å². The third-order valence-electron chi connectivity index (χ3n) is 4.58. The maximum Gasteiger partial charge on any atom is 0.407 e. The van der Waals surface area contributed by atoms with Crippen molar-refractivity contribution in [3.8, 4) is 11.1 Å². The molecule has 4 nitrogen and oxygen atoms in total. The number of hydrogen-bond donors (Lipinski definition) is 2. The van der Waals surface area contributed by atoms with Gasteiger partial charge in [-0.15, -0.1) is 0 Å². The summed E-state index contributed by atoms with van der Waals surface area (Å²) in [5.41, 5.74) is 3.77. The minimum absolute atomic E-state index is 0.0473. The number of carbonyl (C=O) groups excluding carboxylic acids is 1. The van der Waals surface area contributed by atoms with Crippen molar-refractivity contribution in [2.75, 3.05) is 13.7 Å². The van der Waals surface area contributed by atoms with Gasteiger partial charge in [-0.2, -0.15) is 0 Å². The first kappa shape index (κ1) is 15.6. The molecule has 0 saturated heterocycles. The molecule has 2 N–H and O–H groups in total. The van der Waals surface area contributed by atoms with Gasteiger partial charge in [0.25, 0.3) is 0 Å². The largest absolute Gasteiger partial charge is 0.442 e. The van der Waals surface area contributed by atoms with Gasteiger partial charge in [-0.05, 0) is 29.2 Å². The van der Waals surface area contributed by atoms with Crippen molar-refractivity contribution in [1.82, 2.24) is 5.32 Å². The molecule has 0 bridgehead atoms. The summed E-state index contributed by atoms with van der Waals surface area (Å²) in [4.78, 5) is 11.9. The minimum atomic E-state index is -0.822. The predicted octanol–water partition coefficient (Wildman–Crippen LogP) is 3.30. The Morgan fingerprint density at radius 3 is 2.13 bits per heavy atom. The van der Waals surface area contributed by atoms with Crippen LogP contribution in [-0.4, -0.2) is 30.5 Å². The van der Waals surface area contributed by atoms with Crippen molar-refractivity contribution in [1.29, 1.82) is 0 Å². The summed E-state index contributed by atoms with van der Waals surface area (Å²) < 4.78 is 5.72. The van der Waals surface area contributed by atoms with Crippen LogP contribution in [0.3, 0.4) is 0 Å². The van der Waals surface area contributed by atoms with Crippen molar-refractivity contribution in [3.05, 3.63) is 59.7 Å². The fraction of sp³-hybridized carbons (Fsp3) is 0.316. The topological polar surface area (TPSA) is 58.6 Å². The molecular weight excluding hydrogens is 290 g/mol. The van der Waals surface area contributed by atoms with Crippen molar-refractivity contribution >= 4 is 6.09 Å². The van der Waals surface area contributed by atoms with E-state index in [9.17, 15) is 9.90 Å². The fourth-order valence-corrected chi connectivity index (χ4v) is 3.55. The van der Waals surface area contributed by atoms with Crippen molar-refractivity contribution in [2.24, 2.45) is 0 Å². The standard InChI is InChI=1S/C19H21NO3/c1-19(11-12-21,23-18(22)20-2)17-15-9-5-3-7-13(15)14-8-4-6-10-16(14)17/h3-10,17,21H,11-12H2,1-2H3,(H,20,22). The van der Waals surface area contributed by atoms with E-state index in [0.29, 0.717) is 6.42 Å².